The normalized spacial score (nSPS) is 16.7. The van der Waals surface area contributed by atoms with E-state index in [-0.39, 0.29) is 30.0 Å². The topological polar surface area (TPSA) is 89.5 Å². The first kappa shape index (κ1) is 24.0. The fourth-order valence-electron chi connectivity index (χ4n) is 3.50. The average Bonchev–Trinajstić information content (AvgIpc) is 3.22. The van der Waals surface area contributed by atoms with Crippen molar-refractivity contribution in [2.24, 2.45) is 4.99 Å². The minimum Gasteiger partial charge on any atom is -0.368 e. The molecule has 0 aliphatic carbocycles. The third-order valence-corrected chi connectivity index (χ3v) is 5.03. The van der Waals surface area contributed by atoms with Crippen molar-refractivity contribution in [2.45, 2.75) is 52.1 Å². The van der Waals surface area contributed by atoms with Gasteiger partial charge in [-0.1, -0.05) is 31.1 Å². The number of hydrogen-bond acceptors (Lipinski definition) is 5. The van der Waals surface area contributed by atoms with E-state index < -0.39 is 0 Å². The Hall–Kier alpha value is -2.28. The zero-order chi connectivity index (χ0) is 20.6. The summed E-state index contributed by atoms with van der Waals surface area (Å²) in [4.78, 5) is 6.96. The lowest BCUT2D eigenvalue weighted by atomic mass is 10.0. The van der Waals surface area contributed by atoms with Gasteiger partial charge in [-0.3, -0.25) is 0 Å². The van der Waals surface area contributed by atoms with Crippen molar-refractivity contribution in [2.75, 3.05) is 24.5 Å². The molecule has 1 aromatic heterocycles. The highest BCUT2D eigenvalue weighted by Crippen LogP contribution is 2.23. The number of halogens is 1. The number of aliphatic imine (C=N–C) groups is 1. The van der Waals surface area contributed by atoms with Crippen LogP contribution in [0.4, 0.5) is 5.69 Å². The fraction of sp³-hybridized carbons (Fsp3) is 0.500. The lowest BCUT2D eigenvalue weighted by molar-refractivity contribution is 0.376. The van der Waals surface area contributed by atoms with Crippen molar-refractivity contribution in [3.8, 4) is 6.07 Å². The number of rotatable bonds is 6. The van der Waals surface area contributed by atoms with Gasteiger partial charge < -0.3 is 20.1 Å². The molecule has 1 aliphatic rings. The van der Waals surface area contributed by atoms with E-state index in [1.165, 1.54) is 0 Å². The predicted octanol–water partition coefficient (Wildman–Crippen LogP) is 4.01. The monoisotopic (exact) mass is 522 g/mol. The molecule has 0 radical (unpaired) electrons. The number of nitrogens with one attached hydrogen (secondary N) is 2. The van der Waals surface area contributed by atoms with E-state index >= 15 is 0 Å². The van der Waals surface area contributed by atoms with Crippen LogP contribution in [0.1, 0.15) is 56.5 Å². The van der Waals surface area contributed by atoms with E-state index in [1.807, 2.05) is 30.3 Å². The average molecular weight is 522 g/mol. The van der Waals surface area contributed by atoms with Gasteiger partial charge >= 0.3 is 0 Å². The van der Waals surface area contributed by atoms with E-state index in [0.29, 0.717) is 12.5 Å². The highest BCUT2D eigenvalue weighted by molar-refractivity contribution is 14.0. The van der Waals surface area contributed by atoms with Crippen molar-refractivity contribution >= 4 is 35.6 Å². The van der Waals surface area contributed by atoms with Crippen LogP contribution < -0.4 is 15.5 Å². The van der Waals surface area contributed by atoms with Crippen LogP contribution in [-0.4, -0.2) is 36.8 Å². The minimum atomic E-state index is 0. The van der Waals surface area contributed by atoms with Crippen LogP contribution >= 0.6 is 24.0 Å². The Morgan fingerprint density at radius 1 is 1.40 bits per heavy atom. The van der Waals surface area contributed by atoms with Crippen molar-refractivity contribution in [1.29, 1.82) is 5.26 Å². The summed E-state index contributed by atoms with van der Waals surface area (Å²) in [5.74, 6) is 1.88. The number of hydrogen-bond donors (Lipinski definition) is 2. The van der Waals surface area contributed by atoms with Crippen LogP contribution in [0.3, 0.4) is 0 Å². The van der Waals surface area contributed by atoms with Crippen molar-refractivity contribution < 1.29 is 4.52 Å². The van der Waals surface area contributed by atoms with E-state index in [1.54, 1.807) is 0 Å². The molecule has 8 heteroatoms. The Balaban J connectivity index is 0.00000320. The van der Waals surface area contributed by atoms with E-state index in [2.05, 4.69) is 52.5 Å². The Morgan fingerprint density at radius 2 is 2.20 bits per heavy atom. The summed E-state index contributed by atoms with van der Waals surface area (Å²) in [7, 11) is 0. The molecule has 0 spiro atoms. The maximum atomic E-state index is 9.41. The Labute approximate surface area is 195 Å². The van der Waals surface area contributed by atoms with Crippen LogP contribution in [0.5, 0.6) is 0 Å². The summed E-state index contributed by atoms with van der Waals surface area (Å²) in [6, 6.07) is 12.3. The summed E-state index contributed by atoms with van der Waals surface area (Å²) in [5.41, 5.74) is 2.68. The molecule has 2 N–H and O–H groups in total. The zero-order valence-corrected chi connectivity index (χ0v) is 20.2. The van der Waals surface area contributed by atoms with Gasteiger partial charge in [-0.15, -0.1) is 24.0 Å². The van der Waals surface area contributed by atoms with Crippen LogP contribution in [-0.2, 0) is 6.54 Å². The third kappa shape index (κ3) is 6.36. The van der Waals surface area contributed by atoms with Gasteiger partial charge in [0.25, 0.3) is 0 Å². The standard InChI is InChI=1S/C22H30N6O.HI/c1-4-24-22(25-14-19-12-20(16(2)3)27-29-19)26-18-9-7-11-28(15-18)21-10-6-5-8-17(21)13-23;/h5-6,8,10,12,16,18H,4,7,9,11,14-15H2,1-3H3,(H2,24,25,26);1H. The molecule has 1 saturated heterocycles. The summed E-state index contributed by atoms with van der Waals surface area (Å²) in [5, 5.41) is 20.4. The maximum absolute atomic E-state index is 9.41. The van der Waals surface area contributed by atoms with E-state index in [4.69, 9.17) is 4.52 Å². The van der Waals surface area contributed by atoms with Gasteiger partial charge in [0.1, 0.15) is 12.6 Å². The highest BCUT2D eigenvalue weighted by Gasteiger charge is 2.22. The molecule has 0 amide bonds. The van der Waals surface area contributed by atoms with Gasteiger partial charge in [0.05, 0.1) is 16.9 Å². The Bertz CT molecular complexity index is 873. The molecule has 0 bridgehead atoms. The maximum Gasteiger partial charge on any atom is 0.191 e. The molecule has 30 heavy (non-hydrogen) atoms. The molecule has 3 rings (SSSR count). The molecular weight excluding hydrogens is 491 g/mol. The summed E-state index contributed by atoms with van der Waals surface area (Å²) in [6.45, 7) is 9.27. The van der Waals surface area contributed by atoms with Gasteiger partial charge in [-0.25, -0.2) is 4.99 Å². The van der Waals surface area contributed by atoms with Gasteiger partial charge in [-0.05, 0) is 37.8 Å². The molecule has 7 nitrogen and oxygen atoms in total. The molecule has 1 aromatic carbocycles. The van der Waals surface area contributed by atoms with Crippen LogP contribution in [0.25, 0.3) is 0 Å². The SMILES string of the molecule is CCNC(=NCc1cc(C(C)C)no1)NC1CCCN(c2ccccc2C#N)C1.I. The zero-order valence-electron chi connectivity index (χ0n) is 17.9. The molecule has 162 valence electrons. The Kier molecular flexibility index (Phi) is 9.43. The molecule has 1 unspecified atom stereocenters. The largest absolute Gasteiger partial charge is 0.368 e. The molecular formula is C22H31IN6O. The summed E-state index contributed by atoms with van der Waals surface area (Å²) >= 11 is 0. The second-order valence-electron chi connectivity index (χ2n) is 7.63. The van der Waals surface area contributed by atoms with Crippen molar-refractivity contribution in [3.63, 3.8) is 0 Å². The predicted molar refractivity (Wildman–Crippen MR) is 130 cm³/mol. The van der Waals surface area contributed by atoms with Crippen LogP contribution in [0, 0.1) is 11.3 Å². The number of nitriles is 1. The fourth-order valence-corrected chi connectivity index (χ4v) is 3.50. The van der Waals surface area contributed by atoms with Gasteiger partial charge in [0, 0.05) is 31.7 Å². The molecule has 2 aromatic rings. The van der Waals surface area contributed by atoms with Crippen LogP contribution in [0.15, 0.2) is 39.8 Å². The number of guanidine groups is 1. The van der Waals surface area contributed by atoms with Gasteiger partial charge in [0.2, 0.25) is 0 Å². The lowest BCUT2D eigenvalue weighted by Gasteiger charge is -2.35. The summed E-state index contributed by atoms with van der Waals surface area (Å²) < 4.78 is 5.39. The smallest absolute Gasteiger partial charge is 0.191 e. The first-order valence-electron chi connectivity index (χ1n) is 10.3. The number of para-hydroxylation sites is 1. The number of benzene rings is 1. The minimum absolute atomic E-state index is 0. The number of nitrogens with zero attached hydrogens (tertiary/aromatic N) is 4. The molecule has 1 aliphatic heterocycles. The van der Waals surface area contributed by atoms with Gasteiger partial charge in [-0.2, -0.15) is 5.26 Å². The number of piperidine rings is 1. The van der Waals surface area contributed by atoms with Crippen molar-refractivity contribution in [1.82, 2.24) is 15.8 Å². The van der Waals surface area contributed by atoms with Crippen LogP contribution in [0.2, 0.25) is 0 Å². The highest BCUT2D eigenvalue weighted by atomic mass is 127. The van der Waals surface area contributed by atoms with Gasteiger partial charge in [0.15, 0.2) is 11.7 Å². The summed E-state index contributed by atoms with van der Waals surface area (Å²) in [6.07, 6.45) is 2.13. The first-order chi connectivity index (χ1) is 14.1. The number of anilines is 1. The Morgan fingerprint density at radius 3 is 2.90 bits per heavy atom. The second kappa shape index (κ2) is 11.8. The second-order valence-corrected chi connectivity index (χ2v) is 7.63. The quantitative estimate of drug-likeness (QED) is 0.339. The number of aromatic nitrogens is 1. The van der Waals surface area contributed by atoms with Crippen molar-refractivity contribution in [3.05, 3.63) is 47.3 Å². The third-order valence-electron chi connectivity index (χ3n) is 5.03. The molecule has 1 atom stereocenters. The van der Waals surface area contributed by atoms with E-state index in [9.17, 15) is 5.26 Å². The lowest BCUT2D eigenvalue weighted by Crippen LogP contribution is -2.51. The molecule has 2 heterocycles. The first-order valence-corrected chi connectivity index (χ1v) is 10.3. The molecule has 0 saturated carbocycles. The van der Waals surface area contributed by atoms with E-state index in [0.717, 1.165) is 61.1 Å². The molecule has 1 fully saturated rings.